The van der Waals surface area contributed by atoms with E-state index in [9.17, 15) is 4.39 Å². The highest BCUT2D eigenvalue weighted by atomic mass is 19.1. The summed E-state index contributed by atoms with van der Waals surface area (Å²) in [5, 5.41) is 18.7. The Bertz CT molecular complexity index is 1060. The highest BCUT2D eigenvalue weighted by molar-refractivity contribution is 5.71. The number of aromatic nitrogens is 5. The molecule has 1 aliphatic rings. The molecule has 0 spiro atoms. The third-order valence-electron chi connectivity index (χ3n) is 4.81. The molecule has 1 saturated carbocycles. The molecule has 3 aromatic heterocycles. The molecule has 1 fully saturated rings. The number of nitriles is 1. The van der Waals surface area contributed by atoms with Crippen LogP contribution in [0.4, 0.5) is 16.0 Å². The summed E-state index contributed by atoms with van der Waals surface area (Å²) in [6, 6.07) is 3.46. The third kappa shape index (κ3) is 3.86. The Balaban J connectivity index is 1.62. The summed E-state index contributed by atoms with van der Waals surface area (Å²) < 4.78 is 21.0. The van der Waals surface area contributed by atoms with Crippen LogP contribution >= 0.6 is 0 Å². The summed E-state index contributed by atoms with van der Waals surface area (Å²) in [4.78, 5) is 12.1. The molecule has 3 aromatic rings. The molecule has 0 amide bonds. The van der Waals surface area contributed by atoms with Gasteiger partial charge in [0.25, 0.3) is 0 Å². The van der Waals surface area contributed by atoms with E-state index in [1.54, 1.807) is 13.0 Å². The Morgan fingerprint density at radius 2 is 2.10 bits per heavy atom. The van der Waals surface area contributed by atoms with Gasteiger partial charge in [-0.15, -0.1) is 0 Å². The zero-order valence-electron chi connectivity index (χ0n) is 15.7. The SMILES string of the molecule is Cc1ncc(O[C@H]2CCC[C@@H]2N)c(-c2cc(Nc3cnc(C#N)cn3)n[nH]2)c1F. The predicted molar refractivity (Wildman–Crippen MR) is 103 cm³/mol. The van der Waals surface area contributed by atoms with E-state index >= 15 is 0 Å². The number of pyridine rings is 1. The molecule has 9 nitrogen and oxygen atoms in total. The van der Waals surface area contributed by atoms with Crippen molar-refractivity contribution in [1.82, 2.24) is 25.1 Å². The van der Waals surface area contributed by atoms with Crippen molar-refractivity contribution in [1.29, 1.82) is 5.26 Å². The second-order valence-electron chi connectivity index (χ2n) is 6.84. The van der Waals surface area contributed by atoms with Crippen molar-refractivity contribution in [2.24, 2.45) is 5.73 Å². The van der Waals surface area contributed by atoms with Gasteiger partial charge in [-0.3, -0.25) is 10.1 Å². The largest absolute Gasteiger partial charge is 0.486 e. The molecule has 0 aromatic carbocycles. The van der Waals surface area contributed by atoms with Crippen molar-refractivity contribution in [2.75, 3.05) is 5.32 Å². The van der Waals surface area contributed by atoms with Crippen LogP contribution in [0.15, 0.2) is 24.7 Å². The molecule has 10 heteroatoms. The Labute approximate surface area is 166 Å². The minimum Gasteiger partial charge on any atom is -0.486 e. The summed E-state index contributed by atoms with van der Waals surface area (Å²) in [6.45, 7) is 1.59. The minimum absolute atomic E-state index is 0.0823. The fourth-order valence-corrected chi connectivity index (χ4v) is 3.27. The average Bonchev–Trinajstić information content (AvgIpc) is 3.35. The molecule has 4 N–H and O–H groups in total. The second kappa shape index (κ2) is 7.81. The lowest BCUT2D eigenvalue weighted by molar-refractivity contribution is 0.191. The number of ether oxygens (including phenoxy) is 1. The number of rotatable bonds is 5. The van der Waals surface area contributed by atoms with Gasteiger partial charge in [0.15, 0.2) is 17.3 Å². The predicted octanol–water partition coefficient (Wildman–Crippen LogP) is 2.58. The van der Waals surface area contributed by atoms with Gasteiger partial charge in [-0.1, -0.05) is 0 Å². The molecule has 0 unspecified atom stereocenters. The Kier molecular flexibility index (Phi) is 5.05. The molecule has 29 heavy (non-hydrogen) atoms. The molecule has 148 valence electrons. The van der Waals surface area contributed by atoms with Crippen molar-refractivity contribution in [3.05, 3.63) is 41.9 Å². The van der Waals surface area contributed by atoms with E-state index in [2.05, 4.69) is 30.5 Å². The molecule has 0 radical (unpaired) electrons. The maximum atomic E-state index is 14.9. The highest BCUT2D eigenvalue weighted by Crippen LogP contribution is 2.35. The summed E-state index contributed by atoms with van der Waals surface area (Å²) in [5.41, 5.74) is 7.24. The molecule has 1 aliphatic carbocycles. The smallest absolute Gasteiger partial charge is 0.158 e. The number of anilines is 2. The second-order valence-corrected chi connectivity index (χ2v) is 6.84. The number of hydrogen-bond acceptors (Lipinski definition) is 8. The van der Waals surface area contributed by atoms with Crippen LogP contribution in [0.25, 0.3) is 11.3 Å². The Morgan fingerprint density at radius 1 is 1.24 bits per heavy atom. The van der Waals surface area contributed by atoms with Crippen LogP contribution in [0, 0.1) is 24.1 Å². The number of aryl methyl sites for hydroxylation is 1. The topological polar surface area (TPSA) is 138 Å². The molecule has 0 bridgehead atoms. The Morgan fingerprint density at radius 3 is 2.79 bits per heavy atom. The van der Waals surface area contributed by atoms with E-state index in [1.807, 2.05) is 6.07 Å². The molecule has 0 saturated heterocycles. The number of nitrogens with zero attached hydrogens (tertiary/aromatic N) is 5. The van der Waals surface area contributed by atoms with Crippen LogP contribution in [0.3, 0.4) is 0 Å². The lowest BCUT2D eigenvalue weighted by Crippen LogP contribution is -2.33. The number of halogens is 1. The number of hydrogen-bond donors (Lipinski definition) is 3. The van der Waals surface area contributed by atoms with Crippen LogP contribution in [-0.2, 0) is 0 Å². The summed E-state index contributed by atoms with van der Waals surface area (Å²) >= 11 is 0. The van der Waals surface area contributed by atoms with E-state index in [0.29, 0.717) is 23.1 Å². The molecule has 0 aliphatic heterocycles. The van der Waals surface area contributed by atoms with Crippen LogP contribution in [0.1, 0.15) is 30.7 Å². The molecular formula is C19H19FN8O. The highest BCUT2D eigenvalue weighted by Gasteiger charge is 2.28. The van der Waals surface area contributed by atoms with E-state index in [4.69, 9.17) is 15.7 Å². The molecule has 3 heterocycles. The van der Waals surface area contributed by atoms with Crippen molar-refractivity contribution in [3.63, 3.8) is 0 Å². The Hall–Kier alpha value is -3.58. The first kappa shape index (κ1) is 18.8. The van der Waals surface area contributed by atoms with E-state index in [-0.39, 0.29) is 29.1 Å². The van der Waals surface area contributed by atoms with Gasteiger partial charge >= 0.3 is 0 Å². The minimum atomic E-state index is -0.484. The summed E-state index contributed by atoms with van der Waals surface area (Å²) in [5.74, 6) is 0.657. The van der Waals surface area contributed by atoms with E-state index in [1.165, 1.54) is 18.6 Å². The average molecular weight is 394 g/mol. The van der Waals surface area contributed by atoms with Gasteiger partial charge in [0.1, 0.15) is 23.7 Å². The van der Waals surface area contributed by atoms with Gasteiger partial charge < -0.3 is 15.8 Å². The van der Waals surface area contributed by atoms with E-state index < -0.39 is 5.82 Å². The fourth-order valence-electron chi connectivity index (χ4n) is 3.27. The van der Waals surface area contributed by atoms with Crippen LogP contribution in [0.2, 0.25) is 0 Å². The zero-order chi connectivity index (χ0) is 20.4. The van der Waals surface area contributed by atoms with Gasteiger partial charge in [0.05, 0.1) is 35.5 Å². The van der Waals surface area contributed by atoms with Crippen molar-refractivity contribution >= 4 is 11.6 Å². The van der Waals surface area contributed by atoms with Crippen LogP contribution < -0.4 is 15.8 Å². The number of nitrogens with two attached hydrogens (primary N) is 1. The standard InChI is InChI=1S/C19H19FN8O/c1-10-19(20)18(15(8-23-10)29-14-4-2-3-12(14)22)13-5-16(28-27-13)26-17-9-24-11(6-21)7-25-17/h5,7-9,12,14H,2-4,22H2,1H3,(H2,25,26,27,28)/t12-,14-/m0/s1. The van der Waals surface area contributed by atoms with Crippen LogP contribution in [-0.4, -0.2) is 37.3 Å². The van der Waals surface area contributed by atoms with Gasteiger partial charge in [0, 0.05) is 12.1 Å². The van der Waals surface area contributed by atoms with Crippen molar-refractivity contribution < 1.29 is 9.13 Å². The van der Waals surface area contributed by atoms with Crippen molar-refractivity contribution in [3.8, 4) is 23.1 Å². The molecule has 2 atom stereocenters. The first-order valence-corrected chi connectivity index (χ1v) is 9.17. The van der Waals surface area contributed by atoms with E-state index in [0.717, 1.165) is 19.3 Å². The van der Waals surface area contributed by atoms with Gasteiger partial charge in [-0.05, 0) is 26.2 Å². The van der Waals surface area contributed by atoms with Crippen molar-refractivity contribution in [2.45, 2.75) is 38.3 Å². The lowest BCUT2D eigenvalue weighted by Gasteiger charge is -2.20. The molecular weight excluding hydrogens is 375 g/mol. The number of nitrogens with one attached hydrogen (secondary N) is 2. The van der Waals surface area contributed by atoms with Gasteiger partial charge in [-0.2, -0.15) is 10.4 Å². The fraction of sp³-hybridized carbons (Fsp3) is 0.316. The number of aromatic amines is 1. The maximum Gasteiger partial charge on any atom is 0.158 e. The first-order chi connectivity index (χ1) is 14.0. The van der Waals surface area contributed by atoms with Gasteiger partial charge in [-0.25, -0.2) is 14.4 Å². The van der Waals surface area contributed by atoms with Crippen LogP contribution in [0.5, 0.6) is 5.75 Å². The van der Waals surface area contributed by atoms with Gasteiger partial charge in [0.2, 0.25) is 0 Å². The summed E-state index contributed by atoms with van der Waals surface area (Å²) in [6.07, 6.45) is 6.78. The lowest BCUT2D eigenvalue weighted by atomic mass is 10.1. The third-order valence-corrected chi connectivity index (χ3v) is 4.81. The maximum absolute atomic E-state index is 14.9. The summed E-state index contributed by atoms with van der Waals surface area (Å²) in [7, 11) is 0. The first-order valence-electron chi connectivity index (χ1n) is 9.17. The zero-order valence-corrected chi connectivity index (χ0v) is 15.7. The monoisotopic (exact) mass is 394 g/mol. The quantitative estimate of drug-likeness (QED) is 0.600. The number of H-pyrrole nitrogens is 1. The molecule has 4 rings (SSSR count). The normalized spacial score (nSPS) is 18.4.